The van der Waals surface area contributed by atoms with Crippen LogP contribution < -0.4 is 15.4 Å². The van der Waals surface area contributed by atoms with Crippen LogP contribution in [0.3, 0.4) is 0 Å². The van der Waals surface area contributed by atoms with E-state index in [4.69, 9.17) is 9.47 Å². The molecule has 1 aliphatic rings. The Morgan fingerprint density at radius 3 is 2.52 bits per heavy atom. The Hall–Kier alpha value is -3.83. The van der Waals surface area contributed by atoms with Crippen molar-refractivity contribution in [3.05, 3.63) is 70.1 Å². The van der Waals surface area contributed by atoms with Gasteiger partial charge in [-0.15, -0.1) is 23.1 Å². The van der Waals surface area contributed by atoms with Crippen LogP contribution in [0.1, 0.15) is 51.9 Å². The fourth-order valence-corrected chi connectivity index (χ4v) is 6.42. The molecule has 9 nitrogen and oxygen atoms in total. The minimum atomic E-state index is -0.504. The summed E-state index contributed by atoms with van der Waals surface area (Å²) in [5, 5.41) is 5.73. The standard InChI is InChI=1S/C29H31N3O6S2/c1-5-38-29(36)25-23-13-14-32(18(3)33)16-24(23)40-28(25)31-26(34)17(2)39-22-8-6-7-20(15-22)30-27(35)19-9-11-21(37-4)12-10-19/h6-12,15,17H,5,13-14,16H2,1-4H3,(H,30,35)(H,31,34). The van der Waals surface area contributed by atoms with Crippen molar-refractivity contribution < 1.29 is 28.7 Å². The fraction of sp³-hybridized carbons (Fsp3) is 0.310. The van der Waals surface area contributed by atoms with Crippen LogP contribution in [0, 0.1) is 0 Å². The van der Waals surface area contributed by atoms with Crippen molar-refractivity contribution in [1.29, 1.82) is 0 Å². The summed E-state index contributed by atoms with van der Waals surface area (Å²) in [6.45, 7) is 6.16. The molecule has 1 aliphatic heterocycles. The van der Waals surface area contributed by atoms with E-state index in [9.17, 15) is 19.2 Å². The second-order valence-electron chi connectivity index (χ2n) is 9.08. The minimum Gasteiger partial charge on any atom is -0.497 e. The Morgan fingerprint density at radius 2 is 1.85 bits per heavy atom. The number of nitrogens with zero attached hydrogens (tertiary/aromatic N) is 1. The Bertz CT molecular complexity index is 1420. The lowest BCUT2D eigenvalue weighted by Gasteiger charge is -2.25. The van der Waals surface area contributed by atoms with Crippen molar-refractivity contribution in [2.45, 2.75) is 43.9 Å². The monoisotopic (exact) mass is 581 g/mol. The van der Waals surface area contributed by atoms with Crippen LogP contribution in [0.5, 0.6) is 5.75 Å². The van der Waals surface area contributed by atoms with Gasteiger partial charge in [-0.3, -0.25) is 14.4 Å². The molecule has 1 unspecified atom stereocenters. The van der Waals surface area contributed by atoms with Crippen molar-refractivity contribution >= 4 is 57.5 Å². The fourth-order valence-electron chi connectivity index (χ4n) is 4.24. The first kappa shape index (κ1) is 29.2. The van der Waals surface area contributed by atoms with E-state index in [-0.39, 0.29) is 24.3 Å². The molecule has 0 saturated heterocycles. The van der Waals surface area contributed by atoms with Crippen molar-refractivity contribution in [2.75, 3.05) is 30.9 Å². The highest BCUT2D eigenvalue weighted by Gasteiger charge is 2.31. The van der Waals surface area contributed by atoms with Gasteiger partial charge in [0.25, 0.3) is 5.91 Å². The Morgan fingerprint density at radius 1 is 1.10 bits per heavy atom. The van der Waals surface area contributed by atoms with E-state index in [1.165, 1.54) is 30.0 Å². The van der Waals surface area contributed by atoms with Gasteiger partial charge in [0, 0.05) is 34.5 Å². The third-order valence-electron chi connectivity index (χ3n) is 6.34. The predicted molar refractivity (Wildman–Crippen MR) is 156 cm³/mol. The molecule has 2 aromatic carbocycles. The van der Waals surface area contributed by atoms with E-state index >= 15 is 0 Å². The Kier molecular flexibility index (Phi) is 9.49. The predicted octanol–water partition coefficient (Wildman–Crippen LogP) is 5.21. The molecule has 1 atom stereocenters. The molecule has 0 bridgehead atoms. The topological polar surface area (TPSA) is 114 Å². The number of rotatable bonds is 9. The summed E-state index contributed by atoms with van der Waals surface area (Å²) in [4.78, 5) is 54.0. The zero-order chi connectivity index (χ0) is 28.8. The van der Waals surface area contributed by atoms with Gasteiger partial charge in [-0.1, -0.05) is 6.07 Å². The number of thiophene rings is 1. The maximum absolute atomic E-state index is 13.2. The van der Waals surface area contributed by atoms with Crippen molar-refractivity contribution in [1.82, 2.24) is 4.90 Å². The molecular weight excluding hydrogens is 550 g/mol. The van der Waals surface area contributed by atoms with Gasteiger partial charge in [0.15, 0.2) is 0 Å². The van der Waals surface area contributed by atoms with Gasteiger partial charge in [-0.2, -0.15) is 0 Å². The number of amides is 3. The maximum atomic E-state index is 13.2. The van der Waals surface area contributed by atoms with Gasteiger partial charge in [0.05, 0.1) is 31.1 Å². The highest BCUT2D eigenvalue weighted by molar-refractivity contribution is 8.00. The largest absolute Gasteiger partial charge is 0.497 e. The maximum Gasteiger partial charge on any atom is 0.341 e. The first-order valence-corrected chi connectivity index (χ1v) is 14.5. The zero-order valence-electron chi connectivity index (χ0n) is 22.7. The van der Waals surface area contributed by atoms with Crippen molar-refractivity contribution in [3.8, 4) is 5.75 Å². The van der Waals surface area contributed by atoms with E-state index in [1.54, 1.807) is 62.3 Å². The second-order valence-corrected chi connectivity index (χ2v) is 11.6. The summed E-state index contributed by atoms with van der Waals surface area (Å²) in [5.74, 6) is -0.378. The van der Waals surface area contributed by atoms with Crippen LogP contribution in [-0.2, 0) is 27.3 Å². The Balaban J connectivity index is 1.45. The second kappa shape index (κ2) is 13.0. The van der Waals surface area contributed by atoms with E-state index in [0.29, 0.717) is 47.1 Å². The number of thioether (sulfide) groups is 1. The molecule has 0 radical (unpaired) electrons. The van der Waals surface area contributed by atoms with Crippen LogP contribution in [0.4, 0.5) is 10.7 Å². The number of hydrogen-bond donors (Lipinski definition) is 2. The lowest BCUT2D eigenvalue weighted by atomic mass is 10.0. The molecule has 11 heteroatoms. The average Bonchev–Trinajstić information content (AvgIpc) is 3.30. The smallest absolute Gasteiger partial charge is 0.341 e. The summed E-state index contributed by atoms with van der Waals surface area (Å²) in [6, 6.07) is 14.1. The Labute approximate surface area is 241 Å². The number of anilines is 2. The molecule has 0 aliphatic carbocycles. The highest BCUT2D eigenvalue weighted by Crippen LogP contribution is 2.38. The molecule has 2 heterocycles. The number of nitrogens with one attached hydrogen (secondary N) is 2. The van der Waals surface area contributed by atoms with Gasteiger partial charge in [0.1, 0.15) is 10.8 Å². The third-order valence-corrected chi connectivity index (χ3v) is 8.57. The van der Waals surface area contributed by atoms with Gasteiger partial charge in [-0.05, 0) is 68.3 Å². The van der Waals surface area contributed by atoms with Crippen LogP contribution >= 0.6 is 23.1 Å². The van der Waals surface area contributed by atoms with Gasteiger partial charge >= 0.3 is 5.97 Å². The van der Waals surface area contributed by atoms with Gasteiger partial charge in [-0.25, -0.2) is 4.79 Å². The molecule has 40 heavy (non-hydrogen) atoms. The minimum absolute atomic E-state index is 0.0326. The number of carbonyl (C=O) groups is 4. The van der Waals surface area contributed by atoms with Gasteiger partial charge in [0.2, 0.25) is 11.8 Å². The van der Waals surface area contributed by atoms with Crippen molar-refractivity contribution in [3.63, 3.8) is 0 Å². The molecular formula is C29H31N3O6S2. The van der Waals surface area contributed by atoms with Crippen LogP contribution in [0.25, 0.3) is 0 Å². The molecule has 3 amide bonds. The van der Waals surface area contributed by atoms with Crippen LogP contribution in [0.2, 0.25) is 0 Å². The SMILES string of the molecule is CCOC(=O)c1c(NC(=O)C(C)Sc2cccc(NC(=O)c3ccc(OC)cc3)c2)sc2c1CCN(C(C)=O)C2. The summed E-state index contributed by atoms with van der Waals surface area (Å²) >= 11 is 2.64. The molecule has 210 valence electrons. The molecule has 4 rings (SSSR count). The molecule has 0 fully saturated rings. The first-order valence-electron chi connectivity index (χ1n) is 12.8. The van der Waals surface area contributed by atoms with Crippen LogP contribution in [-0.4, -0.2) is 54.1 Å². The summed E-state index contributed by atoms with van der Waals surface area (Å²) < 4.78 is 10.4. The number of methoxy groups -OCH3 is 1. The lowest BCUT2D eigenvalue weighted by Crippen LogP contribution is -2.34. The number of carbonyl (C=O) groups excluding carboxylic acids is 4. The normalized spacial score (nSPS) is 13.2. The summed E-state index contributed by atoms with van der Waals surface area (Å²) in [7, 11) is 1.57. The first-order chi connectivity index (χ1) is 19.2. The van der Waals surface area contributed by atoms with E-state index in [1.807, 2.05) is 12.1 Å². The van der Waals surface area contributed by atoms with E-state index < -0.39 is 11.2 Å². The molecule has 3 aromatic rings. The summed E-state index contributed by atoms with van der Waals surface area (Å²) in [5.41, 5.74) is 2.30. The number of esters is 1. The third kappa shape index (κ3) is 6.83. The molecule has 0 spiro atoms. The molecule has 1 aromatic heterocycles. The number of hydrogen-bond acceptors (Lipinski definition) is 8. The zero-order valence-corrected chi connectivity index (χ0v) is 24.4. The average molecular weight is 582 g/mol. The van der Waals surface area contributed by atoms with E-state index in [0.717, 1.165) is 15.3 Å². The lowest BCUT2D eigenvalue weighted by molar-refractivity contribution is -0.129. The quantitative estimate of drug-likeness (QED) is 0.263. The number of fused-ring (bicyclic) bond motifs is 1. The van der Waals surface area contributed by atoms with Gasteiger partial charge < -0.3 is 25.0 Å². The van der Waals surface area contributed by atoms with Crippen molar-refractivity contribution in [2.24, 2.45) is 0 Å². The summed E-state index contributed by atoms with van der Waals surface area (Å²) in [6.07, 6.45) is 0.523. The van der Waals surface area contributed by atoms with Crippen LogP contribution in [0.15, 0.2) is 53.4 Å². The molecule has 2 N–H and O–H groups in total. The number of benzene rings is 2. The molecule has 0 saturated carbocycles. The number of ether oxygens (including phenoxy) is 2. The highest BCUT2D eigenvalue weighted by atomic mass is 32.2. The van der Waals surface area contributed by atoms with E-state index in [2.05, 4.69) is 10.6 Å².